The van der Waals surface area contributed by atoms with E-state index >= 15 is 0 Å². The van der Waals surface area contributed by atoms with Crippen molar-refractivity contribution in [2.75, 3.05) is 7.11 Å². The molecule has 0 bridgehead atoms. The zero-order valence-corrected chi connectivity index (χ0v) is 11.5. The Morgan fingerprint density at radius 2 is 2.11 bits per heavy atom. The van der Waals surface area contributed by atoms with E-state index < -0.39 is 0 Å². The number of fused-ring (bicyclic) bond motifs is 1. The Labute approximate surface area is 109 Å². The van der Waals surface area contributed by atoms with Crippen LogP contribution in [-0.2, 0) is 16.8 Å². The lowest BCUT2D eigenvalue weighted by Gasteiger charge is -2.26. The average molecular weight is 246 g/mol. The summed E-state index contributed by atoms with van der Waals surface area (Å²) in [7, 11) is 1.74. The number of aromatic hydroxyl groups is 1. The number of aryl methyl sites for hydroxylation is 1. The summed E-state index contributed by atoms with van der Waals surface area (Å²) >= 11 is 0. The summed E-state index contributed by atoms with van der Waals surface area (Å²) in [5, 5.41) is 10.6. The second-order valence-electron chi connectivity index (χ2n) is 6.10. The summed E-state index contributed by atoms with van der Waals surface area (Å²) in [5.74, 6) is 1.73. The van der Waals surface area contributed by atoms with Gasteiger partial charge in [0.05, 0.1) is 5.60 Å². The number of benzene rings is 1. The maximum atomic E-state index is 10.6. The molecule has 0 aliphatic heterocycles. The lowest BCUT2D eigenvalue weighted by Crippen LogP contribution is -2.21. The number of rotatable bonds is 3. The summed E-state index contributed by atoms with van der Waals surface area (Å²) < 4.78 is 5.66. The zero-order valence-electron chi connectivity index (χ0n) is 11.5. The molecule has 0 heterocycles. The molecule has 0 amide bonds. The molecule has 1 saturated carbocycles. The van der Waals surface area contributed by atoms with Gasteiger partial charge in [0.25, 0.3) is 0 Å². The minimum absolute atomic E-state index is 0.307. The van der Waals surface area contributed by atoms with Crippen molar-refractivity contribution in [1.29, 1.82) is 0 Å². The van der Waals surface area contributed by atoms with Gasteiger partial charge in [0.1, 0.15) is 5.75 Å². The van der Waals surface area contributed by atoms with Crippen LogP contribution in [0.15, 0.2) is 12.1 Å². The van der Waals surface area contributed by atoms with E-state index in [4.69, 9.17) is 4.74 Å². The van der Waals surface area contributed by atoms with Crippen LogP contribution in [0.5, 0.6) is 5.75 Å². The Bertz CT molecular complexity index is 476. The molecule has 0 spiro atoms. The van der Waals surface area contributed by atoms with Gasteiger partial charge in [-0.1, -0.05) is 19.1 Å². The van der Waals surface area contributed by atoms with Crippen molar-refractivity contribution in [1.82, 2.24) is 0 Å². The van der Waals surface area contributed by atoms with Gasteiger partial charge in [-0.05, 0) is 55.6 Å². The van der Waals surface area contributed by atoms with Gasteiger partial charge in [0.2, 0.25) is 0 Å². The number of phenols is 1. The second kappa shape index (κ2) is 3.99. The van der Waals surface area contributed by atoms with Gasteiger partial charge >= 0.3 is 0 Å². The first-order chi connectivity index (χ1) is 8.57. The highest BCUT2D eigenvalue weighted by Crippen LogP contribution is 2.50. The normalized spacial score (nSPS) is 28.2. The van der Waals surface area contributed by atoms with Crippen molar-refractivity contribution >= 4 is 0 Å². The first kappa shape index (κ1) is 12.0. The first-order valence-electron chi connectivity index (χ1n) is 6.97. The lowest BCUT2D eigenvalue weighted by atomic mass is 9.88. The molecule has 1 aromatic carbocycles. The van der Waals surface area contributed by atoms with Crippen molar-refractivity contribution in [3.63, 3.8) is 0 Å². The quantitative estimate of drug-likeness (QED) is 0.881. The molecule has 0 saturated heterocycles. The van der Waals surface area contributed by atoms with Crippen LogP contribution < -0.4 is 0 Å². The molecule has 3 rings (SSSR count). The van der Waals surface area contributed by atoms with Crippen molar-refractivity contribution in [3.8, 4) is 5.75 Å². The molecule has 2 aliphatic rings. The molecule has 1 aromatic rings. The molecule has 18 heavy (non-hydrogen) atoms. The zero-order chi connectivity index (χ0) is 12.9. The molecule has 2 aliphatic carbocycles. The van der Waals surface area contributed by atoms with Crippen molar-refractivity contribution in [3.05, 3.63) is 28.8 Å². The highest BCUT2D eigenvalue weighted by Gasteiger charge is 2.39. The highest BCUT2D eigenvalue weighted by molar-refractivity contribution is 5.52. The van der Waals surface area contributed by atoms with Crippen LogP contribution in [0, 0.1) is 5.92 Å². The third kappa shape index (κ3) is 1.66. The summed E-state index contributed by atoms with van der Waals surface area (Å²) in [6, 6.07) is 4.31. The summed E-state index contributed by atoms with van der Waals surface area (Å²) in [4.78, 5) is 0. The maximum Gasteiger partial charge on any atom is 0.125 e. The van der Waals surface area contributed by atoms with Crippen LogP contribution in [0.4, 0.5) is 0 Å². The van der Waals surface area contributed by atoms with Crippen molar-refractivity contribution in [2.45, 2.75) is 51.0 Å². The fraction of sp³-hybridized carbons (Fsp3) is 0.625. The predicted octanol–water partition coefficient (Wildman–Crippen LogP) is 3.71. The van der Waals surface area contributed by atoms with Gasteiger partial charge in [-0.3, -0.25) is 0 Å². The molecule has 98 valence electrons. The maximum absolute atomic E-state index is 10.6. The Hall–Kier alpha value is -1.02. The van der Waals surface area contributed by atoms with Crippen molar-refractivity contribution < 1.29 is 9.84 Å². The minimum Gasteiger partial charge on any atom is -0.507 e. The fourth-order valence-electron chi connectivity index (χ4n) is 3.37. The van der Waals surface area contributed by atoms with Crippen LogP contribution in [0.2, 0.25) is 0 Å². The van der Waals surface area contributed by atoms with E-state index in [0.717, 1.165) is 29.9 Å². The van der Waals surface area contributed by atoms with E-state index in [0.29, 0.717) is 11.7 Å². The van der Waals surface area contributed by atoms with E-state index in [-0.39, 0.29) is 5.60 Å². The fourth-order valence-corrected chi connectivity index (χ4v) is 3.37. The molecule has 2 nitrogen and oxygen atoms in total. The first-order valence-corrected chi connectivity index (χ1v) is 6.97. The third-order valence-electron chi connectivity index (χ3n) is 4.97. The van der Waals surface area contributed by atoms with E-state index in [1.54, 1.807) is 7.11 Å². The van der Waals surface area contributed by atoms with Gasteiger partial charge in [-0.25, -0.2) is 0 Å². The second-order valence-corrected chi connectivity index (χ2v) is 6.10. The molecule has 1 N–H and O–H groups in total. The van der Waals surface area contributed by atoms with E-state index in [1.807, 2.05) is 0 Å². The monoisotopic (exact) mass is 246 g/mol. The van der Waals surface area contributed by atoms with Gasteiger partial charge in [0.15, 0.2) is 0 Å². The van der Waals surface area contributed by atoms with Gasteiger partial charge in [-0.15, -0.1) is 0 Å². The smallest absolute Gasteiger partial charge is 0.125 e. The Balaban J connectivity index is 2.07. The predicted molar refractivity (Wildman–Crippen MR) is 71.9 cm³/mol. The Morgan fingerprint density at radius 1 is 1.39 bits per heavy atom. The highest BCUT2D eigenvalue weighted by atomic mass is 16.5. The number of hydrogen-bond acceptors (Lipinski definition) is 2. The molecule has 0 aromatic heterocycles. The molecule has 0 unspecified atom stereocenters. The molecule has 2 heteroatoms. The van der Waals surface area contributed by atoms with Crippen LogP contribution in [0.3, 0.4) is 0 Å². The van der Waals surface area contributed by atoms with E-state index in [2.05, 4.69) is 26.0 Å². The van der Waals surface area contributed by atoms with Gasteiger partial charge in [0, 0.05) is 12.7 Å². The lowest BCUT2D eigenvalue weighted by molar-refractivity contribution is 0.00211. The minimum atomic E-state index is -0.307. The molecular weight excluding hydrogens is 224 g/mol. The SMILES string of the molecule is CO[C@]1(C)CCc2ccc([C@@H](C)C3CC3)c(O)c21. The summed E-state index contributed by atoms with van der Waals surface area (Å²) in [5.41, 5.74) is 3.10. The largest absolute Gasteiger partial charge is 0.507 e. The standard InChI is InChI=1S/C16H22O2/c1-10(11-4-5-11)13-7-6-12-8-9-16(2,18-3)14(12)15(13)17/h6-7,10-11,17H,4-5,8-9H2,1-3H3/t10-,16+/m0/s1. The molecule has 2 atom stereocenters. The van der Waals surface area contributed by atoms with Crippen LogP contribution in [-0.4, -0.2) is 12.2 Å². The number of methoxy groups -OCH3 is 1. The van der Waals surface area contributed by atoms with E-state index in [9.17, 15) is 5.11 Å². The molecule has 0 radical (unpaired) electrons. The Kier molecular flexibility index (Phi) is 2.67. The number of hydrogen-bond donors (Lipinski definition) is 1. The molecular formula is C16H22O2. The summed E-state index contributed by atoms with van der Waals surface area (Å²) in [6.45, 7) is 4.32. The molecule has 1 fully saturated rings. The van der Waals surface area contributed by atoms with Crippen LogP contribution >= 0.6 is 0 Å². The van der Waals surface area contributed by atoms with Crippen LogP contribution in [0.1, 0.15) is 55.7 Å². The third-order valence-corrected chi connectivity index (χ3v) is 4.97. The average Bonchev–Trinajstić information content (AvgIpc) is 3.15. The van der Waals surface area contributed by atoms with Gasteiger partial charge < -0.3 is 9.84 Å². The topological polar surface area (TPSA) is 29.5 Å². The Morgan fingerprint density at radius 3 is 2.72 bits per heavy atom. The number of phenolic OH excluding ortho intramolecular Hbond substituents is 1. The number of ether oxygens (including phenoxy) is 1. The summed E-state index contributed by atoms with van der Waals surface area (Å²) in [6.07, 6.45) is 4.58. The van der Waals surface area contributed by atoms with Crippen molar-refractivity contribution in [2.24, 2.45) is 5.92 Å². The van der Waals surface area contributed by atoms with E-state index in [1.165, 1.54) is 18.4 Å². The van der Waals surface area contributed by atoms with Gasteiger partial charge in [-0.2, -0.15) is 0 Å². The van der Waals surface area contributed by atoms with Crippen LogP contribution in [0.25, 0.3) is 0 Å².